The van der Waals surface area contributed by atoms with Crippen molar-refractivity contribution in [2.24, 2.45) is 0 Å². The van der Waals surface area contributed by atoms with Gasteiger partial charge in [-0.15, -0.1) is 11.3 Å². The molecule has 4 rings (SSSR count). The number of H-pyrrole nitrogens is 1. The second kappa shape index (κ2) is 6.47. The normalized spacial score (nSPS) is 14.5. The molecule has 4 heterocycles. The molecule has 0 fully saturated rings. The first-order chi connectivity index (χ1) is 11.7. The van der Waals surface area contributed by atoms with E-state index in [2.05, 4.69) is 19.9 Å². The summed E-state index contributed by atoms with van der Waals surface area (Å²) in [6.45, 7) is 2.30. The Morgan fingerprint density at radius 2 is 2.25 bits per heavy atom. The minimum atomic E-state index is -0.0623. The van der Waals surface area contributed by atoms with Gasteiger partial charge in [0.25, 0.3) is 5.56 Å². The zero-order valence-corrected chi connectivity index (χ0v) is 14.4. The van der Waals surface area contributed by atoms with E-state index < -0.39 is 0 Å². The number of hydrogen-bond acceptors (Lipinski definition) is 5. The van der Waals surface area contributed by atoms with E-state index in [9.17, 15) is 4.79 Å². The largest absolute Gasteiger partial charge is 0.306 e. The second-order valence-electron chi connectivity index (χ2n) is 5.75. The van der Waals surface area contributed by atoms with Crippen molar-refractivity contribution < 1.29 is 0 Å². The number of aromatic nitrogens is 3. The molecular weight excluding hydrogens is 344 g/mol. The van der Waals surface area contributed by atoms with E-state index in [4.69, 9.17) is 11.6 Å². The Hall–Kier alpha value is -2.02. The van der Waals surface area contributed by atoms with Crippen LogP contribution in [0.4, 0.5) is 0 Å². The van der Waals surface area contributed by atoms with Gasteiger partial charge in [-0.1, -0.05) is 11.6 Å². The number of aromatic amines is 1. The third kappa shape index (κ3) is 3.13. The van der Waals surface area contributed by atoms with E-state index in [0.717, 1.165) is 40.7 Å². The molecule has 0 aliphatic carbocycles. The first-order valence-corrected chi connectivity index (χ1v) is 8.87. The number of hydrogen-bond donors (Lipinski definition) is 1. The summed E-state index contributed by atoms with van der Waals surface area (Å²) in [5, 5.41) is 0. The number of halogens is 1. The first kappa shape index (κ1) is 15.5. The van der Waals surface area contributed by atoms with Crippen LogP contribution in [0.5, 0.6) is 0 Å². The predicted octanol–water partition coefficient (Wildman–Crippen LogP) is 3.11. The highest BCUT2D eigenvalue weighted by Gasteiger charge is 2.22. The predicted molar refractivity (Wildman–Crippen MR) is 95.2 cm³/mol. The zero-order chi connectivity index (χ0) is 16.5. The molecule has 1 aliphatic heterocycles. The highest BCUT2D eigenvalue weighted by atomic mass is 35.5. The van der Waals surface area contributed by atoms with Crippen molar-refractivity contribution >= 4 is 22.9 Å². The van der Waals surface area contributed by atoms with Gasteiger partial charge in [-0.05, 0) is 24.3 Å². The maximum Gasteiger partial charge on any atom is 0.255 e. The van der Waals surface area contributed by atoms with E-state index in [1.54, 1.807) is 23.7 Å². The van der Waals surface area contributed by atoms with Gasteiger partial charge in [0, 0.05) is 48.9 Å². The first-order valence-electron chi connectivity index (χ1n) is 7.68. The number of thiophene rings is 1. The van der Waals surface area contributed by atoms with Crippen molar-refractivity contribution in [3.05, 3.63) is 67.5 Å². The smallest absolute Gasteiger partial charge is 0.255 e. The lowest BCUT2D eigenvalue weighted by atomic mass is 10.1. The average molecular weight is 359 g/mol. The Bertz CT molecular complexity index is 922. The molecule has 0 spiro atoms. The summed E-state index contributed by atoms with van der Waals surface area (Å²) < 4.78 is 0.794. The third-order valence-electron chi connectivity index (χ3n) is 4.09. The summed E-state index contributed by atoms with van der Waals surface area (Å²) in [4.78, 5) is 27.6. The van der Waals surface area contributed by atoms with Crippen LogP contribution in [0, 0.1) is 0 Å². The molecule has 5 nitrogen and oxygen atoms in total. The van der Waals surface area contributed by atoms with Crippen molar-refractivity contribution in [1.82, 2.24) is 19.9 Å². The third-order valence-corrected chi connectivity index (χ3v) is 5.31. The van der Waals surface area contributed by atoms with Crippen molar-refractivity contribution in [2.45, 2.75) is 19.5 Å². The van der Waals surface area contributed by atoms with E-state index in [-0.39, 0.29) is 5.56 Å². The molecule has 3 aromatic rings. The van der Waals surface area contributed by atoms with Crippen molar-refractivity contribution in [3.8, 4) is 11.4 Å². The van der Waals surface area contributed by atoms with Crippen molar-refractivity contribution in [3.63, 3.8) is 0 Å². The van der Waals surface area contributed by atoms with Gasteiger partial charge < -0.3 is 4.98 Å². The molecule has 0 saturated heterocycles. The number of nitrogens with zero attached hydrogens (tertiary/aromatic N) is 3. The highest BCUT2D eigenvalue weighted by molar-refractivity contribution is 7.16. The second-order valence-corrected chi connectivity index (χ2v) is 7.55. The van der Waals surface area contributed by atoms with E-state index in [0.29, 0.717) is 12.4 Å². The van der Waals surface area contributed by atoms with Crippen LogP contribution in [-0.4, -0.2) is 26.4 Å². The van der Waals surface area contributed by atoms with Crippen LogP contribution in [0.25, 0.3) is 11.4 Å². The van der Waals surface area contributed by atoms with E-state index >= 15 is 0 Å². The summed E-state index contributed by atoms with van der Waals surface area (Å²) in [6.07, 6.45) is 4.18. The molecule has 24 heavy (non-hydrogen) atoms. The Kier molecular flexibility index (Phi) is 4.18. The summed E-state index contributed by atoms with van der Waals surface area (Å²) in [7, 11) is 0. The van der Waals surface area contributed by atoms with Crippen LogP contribution >= 0.6 is 22.9 Å². The van der Waals surface area contributed by atoms with Crippen molar-refractivity contribution in [1.29, 1.82) is 0 Å². The van der Waals surface area contributed by atoms with Gasteiger partial charge >= 0.3 is 0 Å². The van der Waals surface area contributed by atoms with Gasteiger partial charge in [-0.3, -0.25) is 14.7 Å². The topological polar surface area (TPSA) is 61.9 Å². The molecule has 0 atom stereocenters. The van der Waals surface area contributed by atoms with Crippen LogP contribution < -0.4 is 5.56 Å². The van der Waals surface area contributed by atoms with Gasteiger partial charge in [0.2, 0.25) is 0 Å². The number of rotatable bonds is 3. The fourth-order valence-electron chi connectivity index (χ4n) is 2.91. The molecule has 0 unspecified atom stereocenters. The molecule has 0 radical (unpaired) electrons. The quantitative estimate of drug-likeness (QED) is 0.781. The summed E-state index contributed by atoms with van der Waals surface area (Å²) in [6, 6.07) is 7.68. The molecule has 0 bridgehead atoms. The lowest BCUT2D eigenvalue weighted by molar-refractivity contribution is 0.244. The molecule has 122 valence electrons. The fourth-order valence-corrected chi connectivity index (χ4v) is 4.04. The molecule has 0 aromatic carbocycles. The SMILES string of the molecule is O=c1[nH]c(-c2cccnc2)nc2c1CN(Cc1ccc(Cl)s1)CC2. The molecule has 0 saturated carbocycles. The number of pyridine rings is 1. The van der Waals surface area contributed by atoms with Gasteiger partial charge in [0.1, 0.15) is 5.82 Å². The Morgan fingerprint density at radius 3 is 3.00 bits per heavy atom. The molecular formula is C17H15ClN4OS. The molecule has 3 aromatic heterocycles. The lowest BCUT2D eigenvalue weighted by Gasteiger charge is -2.27. The fraction of sp³-hybridized carbons (Fsp3) is 0.235. The Balaban J connectivity index is 1.59. The summed E-state index contributed by atoms with van der Waals surface area (Å²) in [5.74, 6) is 0.588. The Morgan fingerprint density at radius 1 is 1.33 bits per heavy atom. The van der Waals surface area contributed by atoms with Crippen LogP contribution in [0.1, 0.15) is 16.1 Å². The van der Waals surface area contributed by atoms with E-state index in [1.807, 2.05) is 24.3 Å². The van der Waals surface area contributed by atoms with Crippen LogP contribution in [0.3, 0.4) is 0 Å². The summed E-state index contributed by atoms with van der Waals surface area (Å²) in [5.41, 5.74) is 2.41. The number of nitrogens with one attached hydrogen (secondary N) is 1. The Labute approximate surface area is 148 Å². The standard InChI is InChI=1S/C17H15ClN4OS/c18-15-4-3-12(24-15)9-22-7-5-14-13(10-22)17(23)21-16(20-14)11-2-1-6-19-8-11/h1-4,6,8H,5,7,9-10H2,(H,20,21,23). The maximum absolute atomic E-state index is 12.5. The van der Waals surface area contributed by atoms with Gasteiger partial charge in [-0.25, -0.2) is 4.98 Å². The number of fused-ring (bicyclic) bond motifs is 1. The molecule has 0 amide bonds. The van der Waals surface area contributed by atoms with E-state index in [1.165, 1.54) is 4.88 Å². The van der Waals surface area contributed by atoms with Crippen LogP contribution in [0.2, 0.25) is 4.34 Å². The van der Waals surface area contributed by atoms with Crippen LogP contribution in [0.15, 0.2) is 41.5 Å². The van der Waals surface area contributed by atoms with Crippen LogP contribution in [-0.2, 0) is 19.5 Å². The summed E-state index contributed by atoms with van der Waals surface area (Å²) >= 11 is 7.57. The molecule has 1 N–H and O–H groups in total. The monoisotopic (exact) mass is 358 g/mol. The highest BCUT2D eigenvalue weighted by Crippen LogP contribution is 2.25. The zero-order valence-electron chi connectivity index (χ0n) is 12.8. The molecule has 7 heteroatoms. The minimum absolute atomic E-state index is 0.0623. The maximum atomic E-state index is 12.5. The molecule has 1 aliphatic rings. The van der Waals surface area contributed by atoms with Gasteiger partial charge in [0.05, 0.1) is 15.6 Å². The van der Waals surface area contributed by atoms with Gasteiger partial charge in [0.15, 0.2) is 0 Å². The minimum Gasteiger partial charge on any atom is -0.306 e. The average Bonchev–Trinajstić information content (AvgIpc) is 3.01. The van der Waals surface area contributed by atoms with Gasteiger partial charge in [-0.2, -0.15) is 0 Å². The van der Waals surface area contributed by atoms with Crippen molar-refractivity contribution in [2.75, 3.05) is 6.54 Å². The lowest BCUT2D eigenvalue weighted by Crippen LogP contribution is -2.35.